The maximum atomic E-state index is 15.3. The Labute approximate surface area is 233 Å². The van der Waals surface area contributed by atoms with Crippen molar-refractivity contribution in [2.75, 3.05) is 30.3 Å². The Morgan fingerprint density at radius 3 is 2.62 bits per heavy atom. The number of thioether (sulfide) groups is 1. The smallest absolute Gasteiger partial charge is 0.240 e. The maximum absolute atomic E-state index is 15.3. The van der Waals surface area contributed by atoms with Crippen molar-refractivity contribution in [3.05, 3.63) is 76.7 Å². The molecule has 0 saturated carbocycles. The van der Waals surface area contributed by atoms with Crippen molar-refractivity contribution in [3.8, 4) is 5.69 Å². The van der Waals surface area contributed by atoms with Crippen LogP contribution in [0.25, 0.3) is 5.69 Å². The number of nitrogens with one attached hydrogen (secondary N) is 1. The van der Waals surface area contributed by atoms with E-state index in [1.54, 1.807) is 16.8 Å². The molecule has 1 aromatic heterocycles. The minimum Gasteiger partial charge on any atom is -0.376 e. The van der Waals surface area contributed by atoms with Crippen LogP contribution in [-0.2, 0) is 19.7 Å². The second-order valence-corrected chi connectivity index (χ2v) is 12.3. The van der Waals surface area contributed by atoms with Crippen molar-refractivity contribution in [3.63, 3.8) is 0 Å². The minimum atomic E-state index is -0.475. The molecule has 3 heterocycles. The zero-order chi connectivity index (χ0) is 27.7. The van der Waals surface area contributed by atoms with Gasteiger partial charge in [-0.1, -0.05) is 57.2 Å². The van der Waals surface area contributed by atoms with Crippen molar-refractivity contribution in [2.45, 2.75) is 57.3 Å². The number of para-hydroxylation sites is 1. The van der Waals surface area contributed by atoms with Crippen LogP contribution in [0, 0.1) is 12.7 Å². The van der Waals surface area contributed by atoms with Gasteiger partial charge in [-0.3, -0.25) is 14.5 Å². The number of nitrogens with zero attached hydrogens (tertiary/aromatic N) is 3. The highest BCUT2D eigenvalue weighted by molar-refractivity contribution is 8.00. The minimum absolute atomic E-state index is 0.00433. The molecule has 206 valence electrons. The van der Waals surface area contributed by atoms with Gasteiger partial charge in [0.1, 0.15) is 18.2 Å². The predicted molar refractivity (Wildman–Crippen MR) is 152 cm³/mol. The summed E-state index contributed by atoms with van der Waals surface area (Å²) < 4.78 is 22.7. The van der Waals surface area contributed by atoms with Gasteiger partial charge in [0.15, 0.2) is 0 Å². The third-order valence-corrected chi connectivity index (χ3v) is 8.42. The Hall–Kier alpha value is -3.17. The van der Waals surface area contributed by atoms with Crippen LogP contribution in [0.4, 0.5) is 10.2 Å². The lowest BCUT2D eigenvalue weighted by Crippen LogP contribution is -2.44. The van der Waals surface area contributed by atoms with Gasteiger partial charge in [0.05, 0.1) is 28.5 Å². The van der Waals surface area contributed by atoms with Crippen molar-refractivity contribution < 1.29 is 18.7 Å². The van der Waals surface area contributed by atoms with Crippen LogP contribution >= 0.6 is 11.8 Å². The third kappa shape index (κ3) is 5.61. The second kappa shape index (κ2) is 11.1. The summed E-state index contributed by atoms with van der Waals surface area (Å²) in [5.41, 5.74) is 3.39. The van der Waals surface area contributed by atoms with E-state index in [0.717, 1.165) is 35.3 Å². The zero-order valence-electron chi connectivity index (χ0n) is 22.9. The fourth-order valence-electron chi connectivity index (χ4n) is 5.21. The van der Waals surface area contributed by atoms with Gasteiger partial charge in [0, 0.05) is 29.7 Å². The normalized spacial score (nSPS) is 19.6. The molecule has 2 aliphatic heterocycles. The standard InChI is InChI=1S/C30H35FN4O3S/c1-19-10-5-8-14-23(19)35-29-26(28(33-35)30(2,3)4)27(21-12-6-7-13-22(21)31)39-18-25(37)34(29)17-24(36)32-16-20-11-9-15-38-20/h5-8,10,12-14,20,27H,9,11,15-18H2,1-4H3,(H,32,36). The van der Waals surface area contributed by atoms with Gasteiger partial charge in [-0.05, 0) is 37.5 Å². The molecule has 0 radical (unpaired) electrons. The molecule has 1 fully saturated rings. The number of ether oxygens (including phenoxy) is 1. The first-order valence-electron chi connectivity index (χ1n) is 13.4. The van der Waals surface area contributed by atoms with E-state index >= 15 is 4.39 Å². The largest absolute Gasteiger partial charge is 0.376 e. The number of carbonyl (C=O) groups is 2. The first-order valence-corrected chi connectivity index (χ1v) is 14.4. The van der Waals surface area contributed by atoms with Crippen LogP contribution in [0.2, 0.25) is 0 Å². The molecule has 2 amide bonds. The molecule has 3 aromatic rings. The van der Waals surface area contributed by atoms with E-state index in [2.05, 4.69) is 26.1 Å². The summed E-state index contributed by atoms with van der Waals surface area (Å²) in [5, 5.41) is 7.55. The van der Waals surface area contributed by atoms with Gasteiger partial charge in [-0.25, -0.2) is 9.07 Å². The molecule has 5 rings (SSSR count). The number of amides is 2. The molecule has 39 heavy (non-hydrogen) atoms. The van der Waals surface area contributed by atoms with Crippen molar-refractivity contribution >= 4 is 29.4 Å². The lowest BCUT2D eigenvalue weighted by atomic mass is 9.87. The SMILES string of the molecule is Cc1ccccc1-n1nc(C(C)(C)C)c2c1N(CC(=O)NCC1CCCO1)C(=O)CSC2c1ccccc1F. The molecule has 7 nitrogen and oxygen atoms in total. The highest BCUT2D eigenvalue weighted by Crippen LogP contribution is 2.49. The highest BCUT2D eigenvalue weighted by Gasteiger charge is 2.40. The first kappa shape index (κ1) is 27.4. The Kier molecular flexibility index (Phi) is 7.82. The summed E-state index contributed by atoms with van der Waals surface area (Å²) in [6, 6.07) is 14.5. The predicted octanol–water partition coefficient (Wildman–Crippen LogP) is 5.08. The molecule has 2 aromatic carbocycles. The average molecular weight is 551 g/mol. The Balaban J connectivity index is 1.67. The Morgan fingerprint density at radius 2 is 1.92 bits per heavy atom. The van der Waals surface area contributed by atoms with Gasteiger partial charge in [-0.2, -0.15) is 5.10 Å². The van der Waals surface area contributed by atoms with E-state index in [9.17, 15) is 9.59 Å². The average Bonchev–Trinajstić information content (AvgIpc) is 3.53. The molecular weight excluding hydrogens is 515 g/mol. The first-order chi connectivity index (χ1) is 18.6. The van der Waals surface area contributed by atoms with E-state index in [1.807, 2.05) is 37.3 Å². The fraction of sp³-hybridized carbons (Fsp3) is 0.433. The number of carbonyl (C=O) groups excluding carboxylic acids is 2. The zero-order valence-corrected chi connectivity index (χ0v) is 23.7. The third-order valence-electron chi connectivity index (χ3n) is 7.18. The van der Waals surface area contributed by atoms with Crippen LogP contribution in [0.3, 0.4) is 0 Å². The number of rotatable bonds is 6. The number of hydrogen-bond acceptors (Lipinski definition) is 5. The lowest BCUT2D eigenvalue weighted by Gasteiger charge is -2.25. The molecule has 0 spiro atoms. The van der Waals surface area contributed by atoms with Crippen LogP contribution in [0.5, 0.6) is 0 Å². The van der Waals surface area contributed by atoms with E-state index in [1.165, 1.54) is 22.7 Å². The number of aryl methyl sites for hydroxylation is 1. The van der Waals surface area contributed by atoms with Gasteiger partial charge in [-0.15, -0.1) is 11.8 Å². The number of anilines is 1. The van der Waals surface area contributed by atoms with Gasteiger partial charge >= 0.3 is 0 Å². The summed E-state index contributed by atoms with van der Waals surface area (Å²) >= 11 is 1.37. The molecule has 1 N–H and O–H groups in total. The number of hydrogen-bond donors (Lipinski definition) is 1. The fourth-order valence-corrected chi connectivity index (χ4v) is 6.43. The van der Waals surface area contributed by atoms with E-state index in [-0.39, 0.29) is 36.0 Å². The summed E-state index contributed by atoms with van der Waals surface area (Å²) in [7, 11) is 0. The molecule has 9 heteroatoms. The molecule has 2 aliphatic rings. The van der Waals surface area contributed by atoms with Crippen molar-refractivity contribution in [1.29, 1.82) is 0 Å². The topological polar surface area (TPSA) is 76.5 Å². The summed E-state index contributed by atoms with van der Waals surface area (Å²) in [5.74, 6) is -0.203. The van der Waals surface area contributed by atoms with Gasteiger partial charge < -0.3 is 10.1 Å². The maximum Gasteiger partial charge on any atom is 0.240 e. The van der Waals surface area contributed by atoms with Crippen LogP contribution in [-0.4, -0.2) is 53.1 Å². The van der Waals surface area contributed by atoms with Crippen LogP contribution < -0.4 is 10.2 Å². The van der Waals surface area contributed by atoms with E-state index < -0.39 is 10.7 Å². The number of halogens is 1. The summed E-state index contributed by atoms with van der Waals surface area (Å²) in [6.45, 7) is 9.12. The molecule has 0 bridgehead atoms. The van der Waals surface area contributed by atoms with Gasteiger partial charge in [0.2, 0.25) is 11.8 Å². The highest BCUT2D eigenvalue weighted by atomic mass is 32.2. The molecule has 2 atom stereocenters. The molecular formula is C30H35FN4O3S. The molecule has 0 aliphatic carbocycles. The lowest BCUT2D eigenvalue weighted by molar-refractivity contribution is -0.123. The Morgan fingerprint density at radius 1 is 1.18 bits per heavy atom. The monoisotopic (exact) mass is 550 g/mol. The van der Waals surface area contributed by atoms with Gasteiger partial charge in [0.25, 0.3) is 0 Å². The van der Waals surface area contributed by atoms with Crippen LogP contribution in [0.15, 0.2) is 48.5 Å². The Bertz CT molecular complexity index is 1380. The van der Waals surface area contributed by atoms with E-state index in [4.69, 9.17) is 9.84 Å². The summed E-state index contributed by atoms with van der Waals surface area (Å²) in [6.07, 6.45) is 1.88. The van der Waals surface area contributed by atoms with Crippen molar-refractivity contribution in [1.82, 2.24) is 15.1 Å². The molecule has 2 unspecified atom stereocenters. The molecule has 1 saturated heterocycles. The quantitative estimate of drug-likeness (QED) is 0.463. The number of benzene rings is 2. The number of aromatic nitrogens is 2. The number of fused-ring (bicyclic) bond motifs is 1. The summed E-state index contributed by atoms with van der Waals surface area (Å²) in [4.78, 5) is 28.5. The van der Waals surface area contributed by atoms with Crippen LogP contribution in [0.1, 0.15) is 61.2 Å². The van der Waals surface area contributed by atoms with E-state index in [0.29, 0.717) is 24.5 Å². The van der Waals surface area contributed by atoms with Crippen molar-refractivity contribution in [2.24, 2.45) is 0 Å². The second-order valence-electron chi connectivity index (χ2n) is 11.2.